The summed E-state index contributed by atoms with van der Waals surface area (Å²) in [5.74, 6) is 0.817. The van der Waals surface area contributed by atoms with Gasteiger partial charge in [-0.25, -0.2) is 9.97 Å². The standard InChI is InChI=1S/C16H22N6O/c1-2-13-7-17-15(18-8-13)21-5-3-4-16(10-21)6-14(9-23-16)22-11-19-20-12-22/h7-8,11-12,14H,2-6,9-10H2,1H3. The lowest BCUT2D eigenvalue weighted by atomic mass is 9.89. The van der Waals surface area contributed by atoms with Gasteiger partial charge in [-0.2, -0.15) is 0 Å². The second kappa shape index (κ2) is 5.88. The Hall–Kier alpha value is -2.02. The van der Waals surface area contributed by atoms with Gasteiger partial charge in [-0.15, -0.1) is 10.2 Å². The summed E-state index contributed by atoms with van der Waals surface area (Å²) >= 11 is 0. The SMILES string of the molecule is CCc1cnc(N2CCCC3(CC(n4cnnc4)CO3)C2)nc1. The van der Waals surface area contributed by atoms with Crippen LogP contribution in [0.2, 0.25) is 0 Å². The number of piperidine rings is 1. The summed E-state index contributed by atoms with van der Waals surface area (Å²) in [6.45, 7) is 4.69. The van der Waals surface area contributed by atoms with E-state index in [-0.39, 0.29) is 5.60 Å². The number of hydrogen-bond donors (Lipinski definition) is 0. The van der Waals surface area contributed by atoms with Crippen LogP contribution in [0.1, 0.15) is 37.8 Å². The molecule has 0 bridgehead atoms. The van der Waals surface area contributed by atoms with Crippen LogP contribution in [0.3, 0.4) is 0 Å². The molecule has 0 radical (unpaired) electrons. The summed E-state index contributed by atoms with van der Waals surface area (Å²) in [5.41, 5.74) is 1.07. The highest BCUT2D eigenvalue weighted by molar-refractivity contribution is 5.32. The molecule has 2 aliphatic rings. The Morgan fingerprint density at radius 1 is 1.26 bits per heavy atom. The Labute approximate surface area is 135 Å². The maximum absolute atomic E-state index is 6.24. The molecule has 0 aromatic carbocycles. The van der Waals surface area contributed by atoms with Gasteiger partial charge in [0.1, 0.15) is 12.7 Å². The van der Waals surface area contributed by atoms with Crippen LogP contribution in [-0.4, -0.2) is 50.0 Å². The van der Waals surface area contributed by atoms with Gasteiger partial charge in [0.05, 0.1) is 18.2 Å². The maximum Gasteiger partial charge on any atom is 0.225 e. The van der Waals surface area contributed by atoms with Gasteiger partial charge in [0.2, 0.25) is 5.95 Å². The van der Waals surface area contributed by atoms with Crippen LogP contribution in [-0.2, 0) is 11.2 Å². The highest BCUT2D eigenvalue weighted by Crippen LogP contribution is 2.39. The van der Waals surface area contributed by atoms with E-state index >= 15 is 0 Å². The van der Waals surface area contributed by atoms with Crippen molar-refractivity contribution in [3.8, 4) is 0 Å². The third kappa shape index (κ3) is 2.81. The molecule has 2 atom stereocenters. The van der Waals surface area contributed by atoms with Crippen molar-refractivity contribution in [1.82, 2.24) is 24.7 Å². The van der Waals surface area contributed by atoms with Crippen molar-refractivity contribution in [3.05, 3.63) is 30.6 Å². The fourth-order valence-electron chi connectivity index (χ4n) is 3.66. The number of aromatic nitrogens is 5. The lowest BCUT2D eigenvalue weighted by molar-refractivity contribution is -0.00719. The molecular formula is C16H22N6O. The molecule has 23 heavy (non-hydrogen) atoms. The summed E-state index contributed by atoms with van der Waals surface area (Å²) < 4.78 is 8.30. The Bertz CT molecular complexity index is 643. The molecule has 0 amide bonds. The van der Waals surface area contributed by atoms with E-state index in [4.69, 9.17) is 4.74 Å². The first-order chi connectivity index (χ1) is 11.3. The smallest absolute Gasteiger partial charge is 0.225 e. The third-order valence-corrected chi connectivity index (χ3v) is 4.97. The molecule has 7 heteroatoms. The Balaban J connectivity index is 1.48. The molecule has 2 fully saturated rings. The summed E-state index contributed by atoms with van der Waals surface area (Å²) in [6.07, 6.45) is 11.6. The predicted octanol–water partition coefficient (Wildman–Crippen LogP) is 1.63. The first kappa shape index (κ1) is 14.6. The fraction of sp³-hybridized carbons (Fsp3) is 0.625. The summed E-state index contributed by atoms with van der Waals surface area (Å²) in [7, 11) is 0. The number of ether oxygens (including phenoxy) is 1. The van der Waals surface area contributed by atoms with E-state index in [1.54, 1.807) is 12.7 Å². The minimum absolute atomic E-state index is 0.0972. The minimum Gasteiger partial charge on any atom is -0.371 e. The van der Waals surface area contributed by atoms with E-state index in [1.165, 1.54) is 5.56 Å². The molecule has 0 N–H and O–H groups in total. The molecule has 7 nitrogen and oxygen atoms in total. The van der Waals surface area contributed by atoms with E-state index in [2.05, 4.69) is 36.6 Å². The van der Waals surface area contributed by atoms with Gasteiger partial charge in [0.15, 0.2) is 0 Å². The van der Waals surface area contributed by atoms with E-state index in [9.17, 15) is 0 Å². The molecule has 2 unspecified atom stereocenters. The number of rotatable bonds is 3. The normalized spacial score (nSPS) is 27.7. The average Bonchev–Trinajstić information content (AvgIpc) is 3.25. The molecule has 2 aliphatic heterocycles. The van der Waals surface area contributed by atoms with Crippen LogP contribution in [0.25, 0.3) is 0 Å². The van der Waals surface area contributed by atoms with Crippen molar-refractivity contribution in [2.45, 2.75) is 44.2 Å². The highest BCUT2D eigenvalue weighted by Gasteiger charge is 2.44. The fourth-order valence-corrected chi connectivity index (χ4v) is 3.66. The molecule has 4 rings (SSSR count). The number of anilines is 1. The van der Waals surface area contributed by atoms with Crippen LogP contribution >= 0.6 is 0 Å². The predicted molar refractivity (Wildman–Crippen MR) is 85.2 cm³/mol. The highest BCUT2D eigenvalue weighted by atomic mass is 16.5. The first-order valence-corrected chi connectivity index (χ1v) is 8.32. The summed E-state index contributed by atoms with van der Waals surface area (Å²) in [4.78, 5) is 11.3. The Kier molecular flexibility index (Phi) is 3.72. The Morgan fingerprint density at radius 3 is 2.78 bits per heavy atom. The van der Waals surface area contributed by atoms with Gasteiger partial charge < -0.3 is 14.2 Å². The number of nitrogens with zero attached hydrogens (tertiary/aromatic N) is 6. The molecule has 1 spiro atoms. The second-order valence-corrected chi connectivity index (χ2v) is 6.53. The summed E-state index contributed by atoms with van der Waals surface area (Å²) in [6, 6.07) is 0.327. The van der Waals surface area contributed by atoms with Crippen molar-refractivity contribution in [3.63, 3.8) is 0 Å². The zero-order valence-corrected chi connectivity index (χ0v) is 13.4. The number of hydrogen-bond acceptors (Lipinski definition) is 6. The molecule has 2 aromatic rings. The molecule has 122 valence electrons. The molecule has 2 aromatic heterocycles. The van der Waals surface area contributed by atoms with Crippen molar-refractivity contribution in [2.24, 2.45) is 0 Å². The zero-order valence-electron chi connectivity index (χ0n) is 13.4. The molecular weight excluding hydrogens is 292 g/mol. The van der Waals surface area contributed by atoms with Crippen molar-refractivity contribution < 1.29 is 4.74 Å². The van der Waals surface area contributed by atoms with Crippen molar-refractivity contribution >= 4 is 5.95 Å². The largest absolute Gasteiger partial charge is 0.371 e. The minimum atomic E-state index is -0.0972. The average molecular weight is 314 g/mol. The third-order valence-electron chi connectivity index (χ3n) is 4.97. The maximum atomic E-state index is 6.24. The second-order valence-electron chi connectivity index (χ2n) is 6.53. The first-order valence-electron chi connectivity index (χ1n) is 8.32. The van der Waals surface area contributed by atoms with Crippen LogP contribution in [0, 0.1) is 0 Å². The van der Waals surface area contributed by atoms with Gasteiger partial charge in [-0.3, -0.25) is 0 Å². The molecule has 4 heterocycles. The monoisotopic (exact) mass is 314 g/mol. The van der Waals surface area contributed by atoms with Crippen LogP contribution in [0.5, 0.6) is 0 Å². The van der Waals surface area contributed by atoms with Gasteiger partial charge in [-0.05, 0) is 24.8 Å². The van der Waals surface area contributed by atoms with E-state index in [0.717, 1.165) is 51.3 Å². The van der Waals surface area contributed by atoms with E-state index in [1.807, 2.05) is 12.4 Å². The van der Waals surface area contributed by atoms with Gasteiger partial charge in [0.25, 0.3) is 0 Å². The Morgan fingerprint density at radius 2 is 2.04 bits per heavy atom. The van der Waals surface area contributed by atoms with Crippen molar-refractivity contribution in [1.29, 1.82) is 0 Å². The molecule has 0 saturated carbocycles. The molecule has 0 aliphatic carbocycles. The number of aryl methyl sites for hydroxylation is 1. The molecule has 2 saturated heterocycles. The van der Waals surface area contributed by atoms with Crippen LogP contribution in [0.15, 0.2) is 25.0 Å². The van der Waals surface area contributed by atoms with Crippen LogP contribution < -0.4 is 4.90 Å². The van der Waals surface area contributed by atoms with E-state index < -0.39 is 0 Å². The van der Waals surface area contributed by atoms with Crippen LogP contribution in [0.4, 0.5) is 5.95 Å². The zero-order chi connectivity index (χ0) is 15.7. The van der Waals surface area contributed by atoms with Gasteiger partial charge in [-0.1, -0.05) is 6.92 Å². The van der Waals surface area contributed by atoms with Gasteiger partial charge >= 0.3 is 0 Å². The summed E-state index contributed by atoms with van der Waals surface area (Å²) in [5, 5.41) is 7.81. The lowest BCUT2D eigenvalue weighted by Gasteiger charge is -2.39. The lowest BCUT2D eigenvalue weighted by Crippen LogP contribution is -2.48. The topological polar surface area (TPSA) is 69.0 Å². The van der Waals surface area contributed by atoms with Crippen molar-refractivity contribution in [2.75, 3.05) is 24.6 Å². The van der Waals surface area contributed by atoms with E-state index in [0.29, 0.717) is 6.04 Å². The van der Waals surface area contributed by atoms with Gasteiger partial charge in [0, 0.05) is 31.9 Å². The quantitative estimate of drug-likeness (QED) is 0.858.